The number of aromatic nitrogens is 1. The Morgan fingerprint density at radius 2 is 0.819 bits per heavy atom. The molecule has 0 atom stereocenters. The van der Waals surface area contributed by atoms with Crippen molar-refractivity contribution in [2.45, 2.75) is 54.8 Å². The standard InChI is InChI=1S/C80H51N3/c1-82-66-40-68-72(74-70-53(49-20-6-3-7-21-49)27-17-33-65(70)80(76(66)74)62-30-14-10-24-56(62)57-25-11-15-31-63(57)80)59-39-51(78-41-45-34-46(42-78)36-47(35-45)43-78)38-58-71-67(83(68)77(58)59)37-50(44-81)75-73(71)69-52(48-18-4-2-5-19-48)26-16-32-64(69)79(75)60-28-12-8-22-54(60)55-23-9-13-29-61(55)79/h2-33,37-40,45-47H,34-36,41-43H2. The molecule has 4 fully saturated rings. The molecule has 83 heavy (non-hydrogen) atoms. The highest BCUT2D eigenvalue weighted by Crippen LogP contribution is 2.71. The quantitative estimate of drug-likeness (QED) is 0.162. The minimum Gasteiger partial charge on any atom is -0.309 e. The summed E-state index contributed by atoms with van der Waals surface area (Å²) in [6.07, 6.45) is 7.79. The molecule has 0 aliphatic heterocycles. The van der Waals surface area contributed by atoms with Gasteiger partial charge in [0.15, 0.2) is 5.69 Å². The van der Waals surface area contributed by atoms with Crippen LogP contribution in [0.5, 0.6) is 0 Å². The lowest BCUT2D eigenvalue weighted by atomic mass is 9.48. The molecule has 2 heterocycles. The van der Waals surface area contributed by atoms with E-state index in [0.29, 0.717) is 11.3 Å². The Kier molecular flexibility index (Phi) is 8.32. The van der Waals surface area contributed by atoms with Gasteiger partial charge in [-0.1, -0.05) is 194 Å². The van der Waals surface area contributed by atoms with Gasteiger partial charge in [0, 0.05) is 27.1 Å². The summed E-state index contributed by atoms with van der Waals surface area (Å²) in [6.45, 7) is 9.55. The van der Waals surface area contributed by atoms with Gasteiger partial charge in [-0.25, -0.2) is 4.85 Å². The second-order valence-electron chi connectivity index (χ2n) is 25.7. The summed E-state index contributed by atoms with van der Waals surface area (Å²) in [7, 11) is 0. The maximum absolute atomic E-state index is 12.2. The molecule has 4 bridgehead atoms. The lowest BCUT2D eigenvalue weighted by Crippen LogP contribution is -2.48. The first-order valence-electron chi connectivity index (χ1n) is 30.0. The van der Waals surface area contributed by atoms with E-state index in [4.69, 9.17) is 4.85 Å². The summed E-state index contributed by atoms with van der Waals surface area (Å²) in [5, 5.41) is 17.1. The van der Waals surface area contributed by atoms with Crippen molar-refractivity contribution in [3.8, 4) is 72.8 Å². The molecule has 2 spiro atoms. The van der Waals surface area contributed by atoms with E-state index in [1.807, 2.05) is 0 Å². The van der Waals surface area contributed by atoms with E-state index in [1.165, 1.54) is 160 Å². The van der Waals surface area contributed by atoms with Crippen molar-refractivity contribution in [2.24, 2.45) is 17.8 Å². The number of benzene rings is 11. The zero-order valence-electron chi connectivity index (χ0n) is 45.6. The fourth-order valence-electron chi connectivity index (χ4n) is 19.9. The van der Waals surface area contributed by atoms with Crippen molar-refractivity contribution in [3.05, 3.63) is 285 Å². The van der Waals surface area contributed by atoms with Crippen LogP contribution >= 0.6 is 0 Å². The van der Waals surface area contributed by atoms with Gasteiger partial charge in [0.1, 0.15) is 0 Å². The average Bonchev–Trinajstić information content (AvgIpc) is 1.51. The third kappa shape index (κ3) is 5.14. The minimum atomic E-state index is -0.753. The Bertz CT molecular complexity index is 4790. The Morgan fingerprint density at radius 1 is 0.422 bits per heavy atom. The highest BCUT2D eigenvalue weighted by Gasteiger charge is 2.57. The van der Waals surface area contributed by atoms with Crippen LogP contribution in [0.3, 0.4) is 0 Å². The molecule has 11 aromatic carbocycles. The van der Waals surface area contributed by atoms with E-state index in [2.05, 4.69) is 229 Å². The molecule has 3 heteroatoms. The van der Waals surface area contributed by atoms with Gasteiger partial charge in [-0.05, 0) is 203 Å². The van der Waals surface area contributed by atoms with Gasteiger partial charge >= 0.3 is 0 Å². The van der Waals surface area contributed by atoms with Crippen LogP contribution in [-0.2, 0) is 16.2 Å². The normalized spacial score (nSPS) is 20.6. The number of hydrogen-bond acceptors (Lipinski definition) is 1. The molecule has 8 aliphatic rings. The maximum Gasteiger partial charge on any atom is 0.194 e. The molecule has 0 N–H and O–H groups in total. The van der Waals surface area contributed by atoms with E-state index in [9.17, 15) is 11.8 Å². The van der Waals surface area contributed by atoms with E-state index in [0.717, 1.165) is 51.0 Å². The predicted molar refractivity (Wildman–Crippen MR) is 335 cm³/mol. The van der Waals surface area contributed by atoms with Crippen LogP contribution in [0.15, 0.2) is 218 Å². The number of nitriles is 1. The van der Waals surface area contributed by atoms with E-state index >= 15 is 0 Å². The van der Waals surface area contributed by atoms with Crippen LogP contribution in [0.4, 0.5) is 5.69 Å². The highest BCUT2D eigenvalue weighted by molar-refractivity contribution is 6.32. The molecule has 0 radical (unpaired) electrons. The van der Waals surface area contributed by atoms with Crippen molar-refractivity contribution >= 4 is 43.8 Å². The zero-order valence-corrected chi connectivity index (χ0v) is 45.6. The molecule has 0 saturated heterocycles. The van der Waals surface area contributed by atoms with Gasteiger partial charge in [0.25, 0.3) is 0 Å². The number of hydrogen-bond donors (Lipinski definition) is 0. The van der Waals surface area contributed by atoms with Crippen LogP contribution in [0.2, 0.25) is 0 Å². The second kappa shape index (κ2) is 15.4. The summed E-state index contributed by atoms with van der Waals surface area (Å²) in [5.41, 5.74) is 28.5. The number of rotatable bonds is 3. The smallest absolute Gasteiger partial charge is 0.194 e. The molecule has 0 unspecified atom stereocenters. The number of fused-ring (bicyclic) bond motifs is 28. The maximum atomic E-state index is 12.2. The monoisotopic (exact) mass is 1050 g/mol. The van der Waals surface area contributed by atoms with Crippen LogP contribution in [0.25, 0.3) is 110 Å². The molecule has 2 aromatic heterocycles. The molecule has 8 aliphatic carbocycles. The van der Waals surface area contributed by atoms with Gasteiger partial charge in [-0.15, -0.1) is 0 Å². The van der Waals surface area contributed by atoms with Crippen molar-refractivity contribution in [1.29, 1.82) is 5.26 Å². The fourth-order valence-corrected chi connectivity index (χ4v) is 19.9. The van der Waals surface area contributed by atoms with Crippen LogP contribution < -0.4 is 0 Å². The summed E-state index contributed by atoms with van der Waals surface area (Å²) in [4.78, 5) is 4.75. The minimum absolute atomic E-state index is 0.0569. The van der Waals surface area contributed by atoms with Crippen molar-refractivity contribution in [1.82, 2.24) is 4.40 Å². The summed E-state index contributed by atoms with van der Waals surface area (Å²) in [5.74, 6) is 2.24. The third-order valence-electron chi connectivity index (χ3n) is 22.1. The average molecular weight is 1050 g/mol. The first-order valence-corrected chi connectivity index (χ1v) is 30.0. The van der Waals surface area contributed by atoms with Gasteiger partial charge < -0.3 is 4.40 Å². The zero-order chi connectivity index (χ0) is 54.2. The van der Waals surface area contributed by atoms with Gasteiger partial charge in [-0.3, -0.25) is 0 Å². The van der Waals surface area contributed by atoms with E-state index in [-0.39, 0.29) is 5.41 Å². The third-order valence-corrected chi connectivity index (χ3v) is 22.1. The van der Waals surface area contributed by atoms with Crippen LogP contribution in [0, 0.1) is 35.7 Å². The molecular weight excluding hydrogens is 1000 g/mol. The van der Waals surface area contributed by atoms with Gasteiger partial charge in [0.05, 0.1) is 40.1 Å². The highest BCUT2D eigenvalue weighted by atomic mass is 14.9. The van der Waals surface area contributed by atoms with Crippen LogP contribution in [-0.4, -0.2) is 4.40 Å². The topological polar surface area (TPSA) is 32.6 Å². The van der Waals surface area contributed by atoms with Gasteiger partial charge in [-0.2, -0.15) is 5.26 Å². The van der Waals surface area contributed by atoms with Crippen LogP contribution in [0.1, 0.15) is 94.2 Å². The molecule has 0 amide bonds. The first kappa shape index (κ1) is 44.9. The lowest BCUT2D eigenvalue weighted by molar-refractivity contribution is -0.00508. The molecule has 4 saturated carbocycles. The molecule has 3 nitrogen and oxygen atoms in total. The fraction of sp³-hybridized carbons (Fsp3) is 0.150. The Labute approximate surface area is 481 Å². The Morgan fingerprint density at radius 3 is 1.28 bits per heavy atom. The lowest BCUT2D eigenvalue weighted by Gasteiger charge is -2.57. The molecular formula is C80H51N3. The largest absolute Gasteiger partial charge is 0.309 e. The SMILES string of the molecule is [C-]#[N+]c1cc2c(c3c1C1(c4ccccc4-c4ccccc41)c1cccc(-c4ccccc4)c1-3)c1cc(C34CC5CC(CC(C5)C3)C4)cc3c4c5c(c(C#N)cc4n2c31)C1(c2ccccc2-c2ccccc21)c1cccc(-c2ccccc2)c1-5. The number of nitrogens with zero attached hydrogens (tertiary/aromatic N) is 3. The molecule has 21 rings (SSSR count). The van der Waals surface area contributed by atoms with Crippen molar-refractivity contribution < 1.29 is 0 Å². The van der Waals surface area contributed by atoms with E-state index < -0.39 is 10.8 Å². The Hall–Kier alpha value is -9.80. The first-order chi connectivity index (χ1) is 41.0. The summed E-state index contributed by atoms with van der Waals surface area (Å²) < 4.78 is 2.54. The van der Waals surface area contributed by atoms with Crippen molar-refractivity contribution in [2.75, 3.05) is 0 Å². The summed E-state index contributed by atoms with van der Waals surface area (Å²) >= 11 is 0. The molecule has 386 valence electrons. The predicted octanol–water partition coefficient (Wildman–Crippen LogP) is 19.7. The van der Waals surface area contributed by atoms with Crippen molar-refractivity contribution in [3.63, 3.8) is 0 Å². The Balaban J connectivity index is 1.02. The van der Waals surface area contributed by atoms with E-state index in [1.54, 1.807) is 0 Å². The van der Waals surface area contributed by atoms with Gasteiger partial charge in [0.2, 0.25) is 0 Å². The second-order valence-corrected chi connectivity index (χ2v) is 25.7. The molecule has 13 aromatic rings. The summed E-state index contributed by atoms with van der Waals surface area (Å²) in [6, 6.07) is 84.7.